The van der Waals surface area contributed by atoms with E-state index in [1.807, 2.05) is 12.1 Å². The summed E-state index contributed by atoms with van der Waals surface area (Å²) < 4.78 is 21.1. The summed E-state index contributed by atoms with van der Waals surface area (Å²) >= 11 is 0. The molecule has 0 unspecified atom stereocenters. The van der Waals surface area contributed by atoms with Crippen molar-refractivity contribution in [1.29, 1.82) is 0 Å². The number of hydrogen-bond acceptors (Lipinski definition) is 8. The zero-order valence-corrected chi connectivity index (χ0v) is 15.0. The minimum atomic E-state index is 0.540. The normalized spacial score (nSPS) is 10.2. The highest BCUT2D eigenvalue weighted by Crippen LogP contribution is 2.40. The molecule has 2 rings (SSSR count). The number of aromatic nitrogens is 2. The van der Waals surface area contributed by atoms with Crippen molar-refractivity contribution in [3.63, 3.8) is 0 Å². The van der Waals surface area contributed by atoms with Gasteiger partial charge in [0, 0.05) is 44.3 Å². The average molecular weight is 348 g/mol. The molecule has 0 amide bonds. The van der Waals surface area contributed by atoms with E-state index in [2.05, 4.69) is 20.6 Å². The molecule has 25 heavy (non-hydrogen) atoms. The van der Waals surface area contributed by atoms with Gasteiger partial charge in [0.2, 0.25) is 11.7 Å². The summed E-state index contributed by atoms with van der Waals surface area (Å²) in [5.74, 6) is 2.87. The molecule has 0 spiro atoms. The van der Waals surface area contributed by atoms with Crippen LogP contribution in [-0.4, -0.2) is 51.6 Å². The SMILES string of the molecule is COCCCNc1nccc(Nc2cc(OC)c(OC)c(OC)c2)n1. The van der Waals surface area contributed by atoms with Gasteiger partial charge in [0.15, 0.2) is 11.5 Å². The Labute approximate surface area is 147 Å². The molecular formula is C17H24N4O4. The smallest absolute Gasteiger partial charge is 0.224 e. The zero-order chi connectivity index (χ0) is 18.1. The van der Waals surface area contributed by atoms with E-state index in [1.165, 1.54) is 0 Å². The molecule has 8 heteroatoms. The van der Waals surface area contributed by atoms with Crippen molar-refractivity contribution in [2.75, 3.05) is 52.2 Å². The second-order valence-electron chi connectivity index (χ2n) is 5.08. The maximum atomic E-state index is 5.35. The Morgan fingerprint density at radius 2 is 1.72 bits per heavy atom. The average Bonchev–Trinajstić information content (AvgIpc) is 2.64. The molecule has 0 aliphatic heterocycles. The van der Waals surface area contributed by atoms with Crippen LogP contribution in [0.25, 0.3) is 0 Å². The van der Waals surface area contributed by atoms with Crippen LogP contribution in [0, 0.1) is 0 Å². The number of methoxy groups -OCH3 is 4. The van der Waals surface area contributed by atoms with E-state index in [9.17, 15) is 0 Å². The van der Waals surface area contributed by atoms with E-state index in [4.69, 9.17) is 18.9 Å². The van der Waals surface area contributed by atoms with Gasteiger partial charge in [0.25, 0.3) is 0 Å². The standard InChI is InChI=1S/C17H24N4O4/c1-22-9-5-7-18-17-19-8-6-15(21-17)20-12-10-13(23-2)16(25-4)14(11-12)24-3/h6,8,10-11H,5,7,9H2,1-4H3,(H2,18,19,20,21). The van der Waals surface area contributed by atoms with Gasteiger partial charge in [-0.3, -0.25) is 0 Å². The second-order valence-corrected chi connectivity index (χ2v) is 5.08. The van der Waals surface area contributed by atoms with Gasteiger partial charge in [0.1, 0.15) is 5.82 Å². The van der Waals surface area contributed by atoms with Gasteiger partial charge < -0.3 is 29.6 Å². The van der Waals surface area contributed by atoms with Gasteiger partial charge in [-0.1, -0.05) is 0 Å². The molecule has 0 atom stereocenters. The molecule has 2 N–H and O–H groups in total. The fourth-order valence-corrected chi connectivity index (χ4v) is 2.23. The predicted molar refractivity (Wildman–Crippen MR) is 96.4 cm³/mol. The molecule has 0 aliphatic rings. The summed E-state index contributed by atoms with van der Waals surface area (Å²) in [6.07, 6.45) is 2.57. The van der Waals surface area contributed by atoms with Gasteiger partial charge in [-0.2, -0.15) is 4.98 Å². The molecule has 0 aliphatic carbocycles. The molecule has 1 aromatic carbocycles. The summed E-state index contributed by atoms with van der Waals surface area (Å²) in [5, 5.41) is 6.37. The Balaban J connectivity index is 2.13. The highest BCUT2D eigenvalue weighted by atomic mass is 16.5. The number of nitrogens with zero attached hydrogens (tertiary/aromatic N) is 2. The fraction of sp³-hybridized carbons (Fsp3) is 0.412. The van der Waals surface area contributed by atoms with E-state index < -0.39 is 0 Å². The first-order chi connectivity index (χ1) is 12.2. The first kappa shape index (κ1) is 18.6. The van der Waals surface area contributed by atoms with Crippen molar-refractivity contribution in [2.24, 2.45) is 0 Å². The molecule has 1 heterocycles. The van der Waals surface area contributed by atoms with E-state index in [-0.39, 0.29) is 0 Å². The molecule has 0 saturated heterocycles. The number of ether oxygens (including phenoxy) is 4. The van der Waals surface area contributed by atoms with Crippen LogP contribution in [-0.2, 0) is 4.74 Å². The van der Waals surface area contributed by atoms with Crippen LogP contribution in [0.3, 0.4) is 0 Å². The van der Waals surface area contributed by atoms with Crippen LogP contribution in [0.1, 0.15) is 6.42 Å². The molecule has 0 bridgehead atoms. The third-order valence-corrected chi connectivity index (χ3v) is 3.40. The Morgan fingerprint density at radius 3 is 2.32 bits per heavy atom. The molecule has 2 aromatic rings. The summed E-state index contributed by atoms with van der Waals surface area (Å²) in [6.45, 7) is 1.43. The first-order valence-corrected chi connectivity index (χ1v) is 7.84. The molecule has 136 valence electrons. The third kappa shape index (κ3) is 5.12. The maximum absolute atomic E-state index is 5.35. The molecule has 1 aromatic heterocycles. The summed E-state index contributed by atoms with van der Waals surface area (Å²) in [7, 11) is 6.40. The Hall–Kier alpha value is -2.74. The fourth-order valence-electron chi connectivity index (χ4n) is 2.23. The van der Waals surface area contributed by atoms with Crippen LogP contribution >= 0.6 is 0 Å². The topological polar surface area (TPSA) is 86.8 Å². The zero-order valence-electron chi connectivity index (χ0n) is 15.0. The minimum absolute atomic E-state index is 0.540. The van der Waals surface area contributed by atoms with Crippen LogP contribution in [0.2, 0.25) is 0 Å². The van der Waals surface area contributed by atoms with Gasteiger partial charge in [-0.05, 0) is 12.5 Å². The van der Waals surface area contributed by atoms with E-state index in [0.29, 0.717) is 35.6 Å². The molecule has 8 nitrogen and oxygen atoms in total. The number of benzene rings is 1. The van der Waals surface area contributed by atoms with Crippen LogP contribution in [0.4, 0.5) is 17.5 Å². The Kier molecular flexibility index (Phi) is 7.09. The van der Waals surface area contributed by atoms with Crippen LogP contribution < -0.4 is 24.8 Å². The Morgan fingerprint density at radius 1 is 1.00 bits per heavy atom. The predicted octanol–water partition coefficient (Wildman–Crippen LogP) is 2.69. The molecular weight excluding hydrogens is 324 g/mol. The highest BCUT2D eigenvalue weighted by Gasteiger charge is 2.13. The van der Waals surface area contributed by atoms with Crippen molar-refractivity contribution in [3.05, 3.63) is 24.4 Å². The van der Waals surface area contributed by atoms with Crippen molar-refractivity contribution in [2.45, 2.75) is 6.42 Å². The molecule has 0 fully saturated rings. The van der Waals surface area contributed by atoms with Gasteiger partial charge in [0.05, 0.1) is 21.3 Å². The molecule has 0 radical (unpaired) electrons. The van der Waals surface area contributed by atoms with Crippen molar-refractivity contribution >= 4 is 17.5 Å². The summed E-state index contributed by atoms with van der Waals surface area (Å²) in [5.41, 5.74) is 0.763. The number of anilines is 3. The van der Waals surface area contributed by atoms with Crippen LogP contribution in [0.5, 0.6) is 17.2 Å². The van der Waals surface area contributed by atoms with Gasteiger partial charge in [-0.25, -0.2) is 4.98 Å². The minimum Gasteiger partial charge on any atom is -0.493 e. The lowest BCUT2D eigenvalue weighted by atomic mass is 10.2. The largest absolute Gasteiger partial charge is 0.493 e. The highest BCUT2D eigenvalue weighted by molar-refractivity contribution is 5.66. The Bertz CT molecular complexity index is 656. The number of hydrogen-bond donors (Lipinski definition) is 2. The van der Waals surface area contributed by atoms with E-state index in [0.717, 1.165) is 18.7 Å². The first-order valence-electron chi connectivity index (χ1n) is 7.84. The monoisotopic (exact) mass is 348 g/mol. The van der Waals surface area contributed by atoms with E-state index in [1.54, 1.807) is 40.7 Å². The van der Waals surface area contributed by atoms with Crippen molar-refractivity contribution < 1.29 is 18.9 Å². The summed E-state index contributed by atoms with van der Waals surface area (Å²) in [6, 6.07) is 5.41. The van der Waals surface area contributed by atoms with Gasteiger partial charge in [-0.15, -0.1) is 0 Å². The van der Waals surface area contributed by atoms with Crippen molar-refractivity contribution in [3.8, 4) is 17.2 Å². The maximum Gasteiger partial charge on any atom is 0.224 e. The van der Waals surface area contributed by atoms with Crippen LogP contribution in [0.15, 0.2) is 24.4 Å². The lowest BCUT2D eigenvalue weighted by Gasteiger charge is -2.15. The van der Waals surface area contributed by atoms with Gasteiger partial charge >= 0.3 is 0 Å². The third-order valence-electron chi connectivity index (χ3n) is 3.40. The number of nitrogens with one attached hydrogen (secondary N) is 2. The quantitative estimate of drug-likeness (QED) is 0.634. The number of rotatable bonds is 10. The lowest BCUT2D eigenvalue weighted by Crippen LogP contribution is -2.08. The molecule has 0 saturated carbocycles. The van der Waals surface area contributed by atoms with E-state index >= 15 is 0 Å². The lowest BCUT2D eigenvalue weighted by molar-refractivity contribution is 0.197. The van der Waals surface area contributed by atoms with Crippen molar-refractivity contribution in [1.82, 2.24) is 9.97 Å². The second kappa shape index (κ2) is 9.53. The summed E-state index contributed by atoms with van der Waals surface area (Å²) in [4.78, 5) is 8.63.